The van der Waals surface area contributed by atoms with Gasteiger partial charge in [0.1, 0.15) is 0 Å². The SMILES string of the molecule is CCCCCCCCCCCCCCCC(C)(C)NOS(=O)(=O)CCC. The number of unbranched alkanes of at least 4 members (excludes halogenated alkanes) is 12. The van der Waals surface area contributed by atoms with E-state index in [-0.39, 0.29) is 11.3 Å². The van der Waals surface area contributed by atoms with Crippen LogP contribution < -0.4 is 5.48 Å². The average Bonchev–Trinajstić information content (AvgIpc) is 2.57. The molecule has 0 spiro atoms. The summed E-state index contributed by atoms with van der Waals surface area (Å²) >= 11 is 0. The third-order valence-corrected chi connectivity index (χ3v) is 6.05. The van der Waals surface area contributed by atoms with E-state index in [0.717, 1.165) is 12.8 Å². The van der Waals surface area contributed by atoms with Crippen LogP contribution in [0.5, 0.6) is 0 Å². The van der Waals surface area contributed by atoms with Crippen molar-refractivity contribution in [1.29, 1.82) is 0 Å². The highest BCUT2D eigenvalue weighted by atomic mass is 32.2. The van der Waals surface area contributed by atoms with Gasteiger partial charge in [0.25, 0.3) is 10.1 Å². The van der Waals surface area contributed by atoms with Gasteiger partial charge in [-0.15, -0.1) is 0 Å². The molecule has 0 saturated heterocycles. The highest BCUT2D eigenvalue weighted by molar-refractivity contribution is 7.86. The zero-order valence-electron chi connectivity index (χ0n) is 17.9. The van der Waals surface area contributed by atoms with E-state index in [0.29, 0.717) is 6.42 Å². The monoisotopic (exact) mass is 391 g/mol. The highest BCUT2D eigenvalue weighted by Gasteiger charge is 2.21. The Bertz CT molecular complexity index is 407. The maximum atomic E-state index is 11.6. The molecule has 0 aliphatic rings. The summed E-state index contributed by atoms with van der Waals surface area (Å²) in [6.45, 7) is 8.09. The molecule has 4 nitrogen and oxygen atoms in total. The normalized spacial score (nSPS) is 12.6. The lowest BCUT2D eigenvalue weighted by molar-refractivity contribution is 0.108. The molecule has 5 heteroatoms. The Hall–Kier alpha value is -0.130. The molecule has 0 aliphatic carbocycles. The number of rotatable bonds is 19. The van der Waals surface area contributed by atoms with Gasteiger partial charge >= 0.3 is 0 Å². The summed E-state index contributed by atoms with van der Waals surface area (Å²) in [7, 11) is -3.43. The molecule has 0 rings (SSSR count). The summed E-state index contributed by atoms with van der Waals surface area (Å²) in [5, 5.41) is 0. The summed E-state index contributed by atoms with van der Waals surface area (Å²) in [6, 6.07) is 0. The maximum Gasteiger partial charge on any atom is 0.283 e. The third kappa shape index (κ3) is 17.3. The smallest absolute Gasteiger partial charge is 0.198 e. The minimum atomic E-state index is -3.43. The van der Waals surface area contributed by atoms with Crippen LogP contribution >= 0.6 is 0 Å². The molecule has 0 aromatic carbocycles. The molecule has 0 saturated carbocycles. The zero-order chi connectivity index (χ0) is 19.7. The predicted octanol–water partition coefficient (Wildman–Crippen LogP) is 6.51. The first-order valence-corrected chi connectivity index (χ1v) is 12.6. The summed E-state index contributed by atoms with van der Waals surface area (Å²) in [6.07, 6.45) is 18.9. The molecule has 26 heavy (non-hydrogen) atoms. The van der Waals surface area contributed by atoms with Crippen LogP contribution in [-0.4, -0.2) is 19.7 Å². The van der Waals surface area contributed by atoms with Crippen LogP contribution in [-0.2, 0) is 14.4 Å². The van der Waals surface area contributed by atoms with Crippen molar-refractivity contribution in [3.8, 4) is 0 Å². The molecule has 1 N–H and O–H groups in total. The van der Waals surface area contributed by atoms with E-state index in [1.165, 1.54) is 77.0 Å². The third-order valence-electron chi connectivity index (χ3n) is 4.80. The van der Waals surface area contributed by atoms with Crippen molar-refractivity contribution in [1.82, 2.24) is 5.48 Å². The predicted molar refractivity (Wildman–Crippen MR) is 113 cm³/mol. The van der Waals surface area contributed by atoms with E-state index in [4.69, 9.17) is 4.28 Å². The number of hydrogen-bond donors (Lipinski definition) is 1. The molecule has 158 valence electrons. The van der Waals surface area contributed by atoms with Crippen LogP contribution in [0.1, 0.15) is 124 Å². The van der Waals surface area contributed by atoms with Crippen molar-refractivity contribution in [2.75, 3.05) is 5.75 Å². The summed E-state index contributed by atoms with van der Waals surface area (Å²) < 4.78 is 28.1. The van der Waals surface area contributed by atoms with Gasteiger partial charge < -0.3 is 0 Å². The Kier molecular flexibility index (Phi) is 15.8. The molecule has 0 unspecified atom stereocenters. The highest BCUT2D eigenvalue weighted by Crippen LogP contribution is 2.17. The lowest BCUT2D eigenvalue weighted by atomic mass is 9.97. The van der Waals surface area contributed by atoms with Gasteiger partial charge in [-0.1, -0.05) is 97.3 Å². The van der Waals surface area contributed by atoms with Crippen molar-refractivity contribution >= 4 is 10.1 Å². The quantitative estimate of drug-likeness (QED) is 0.201. The van der Waals surface area contributed by atoms with Crippen LogP contribution in [0.3, 0.4) is 0 Å². The topological polar surface area (TPSA) is 55.4 Å². The first kappa shape index (κ1) is 25.9. The number of nitrogens with one attached hydrogen (secondary N) is 1. The largest absolute Gasteiger partial charge is 0.283 e. The maximum absolute atomic E-state index is 11.6. The Morgan fingerprint density at radius 1 is 0.692 bits per heavy atom. The number of hydroxylamine groups is 1. The van der Waals surface area contributed by atoms with Crippen LogP contribution in [0.2, 0.25) is 0 Å². The Morgan fingerprint density at radius 3 is 1.54 bits per heavy atom. The Morgan fingerprint density at radius 2 is 1.12 bits per heavy atom. The fraction of sp³-hybridized carbons (Fsp3) is 1.00. The Balaban J connectivity index is 3.48. The molecule has 0 aromatic heterocycles. The van der Waals surface area contributed by atoms with Gasteiger partial charge in [-0.25, -0.2) is 0 Å². The van der Waals surface area contributed by atoms with E-state index in [1.807, 2.05) is 20.8 Å². The second-order valence-electron chi connectivity index (χ2n) is 8.32. The van der Waals surface area contributed by atoms with Gasteiger partial charge in [0.05, 0.1) is 5.75 Å². The summed E-state index contributed by atoms with van der Waals surface area (Å²) in [5.41, 5.74) is 2.43. The number of hydrogen-bond acceptors (Lipinski definition) is 4. The van der Waals surface area contributed by atoms with E-state index in [1.54, 1.807) is 0 Å². The van der Waals surface area contributed by atoms with Gasteiger partial charge in [0.2, 0.25) is 0 Å². The Labute approximate surface area is 163 Å². The van der Waals surface area contributed by atoms with E-state index in [2.05, 4.69) is 12.4 Å². The molecule has 0 fully saturated rings. The lowest BCUT2D eigenvalue weighted by Gasteiger charge is -2.25. The van der Waals surface area contributed by atoms with Gasteiger partial charge in [0.15, 0.2) is 0 Å². The second-order valence-corrected chi connectivity index (χ2v) is 10.0. The van der Waals surface area contributed by atoms with E-state index < -0.39 is 10.1 Å². The van der Waals surface area contributed by atoms with Gasteiger partial charge in [-0.3, -0.25) is 0 Å². The summed E-state index contributed by atoms with van der Waals surface area (Å²) in [5.74, 6) is 0.0643. The van der Waals surface area contributed by atoms with E-state index in [9.17, 15) is 8.42 Å². The molecular weight excluding hydrogens is 346 g/mol. The molecule has 0 aromatic rings. The molecule has 0 aliphatic heterocycles. The molecule has 0 heterocycles. The van der Waals surface area contributed by atoms with Gasteiger partial charge in [0, 0.05) is 5.54 Å². The summed E-state index contributed by atoms with van der Waals surface area (Å²) in [4.78, 5) is 0. The second kappa shape index (κ2) is 15.9. The molecule has 0 atom stereocenters. The van der Waals surface area contributed by atoms with Crippen LogP contribution in [0.25, 0.3) is 0 Å². The van der Waals surface area contributed by atoms with Crippen molar-refractivity contribution in [2.24, 2.45) is 0 Å². The van der Waals surface area contributed by atoms with Crippen LogP contribution in [0, 0.1) is 0 Å². The van der Waals surface area contributed by atoms with Crippen molar-refractivity contribution in [3.63, 3.8) is 0 Å². The van der Waals surface area contributed by atoms with Gasteiger partial charge in [-0.2, -0.15) is 18.2 Å². The minimum Gasteiger partial charge on any atom is -0.198 e. The average molecular weight is 392 g/mol. The standard InChI is InChI=1S/C21H45NO3S/c1-5-7-8-9-10-11-12-13-14-15-16-17-18-19-21(3,4)22-25-26(23,24)20-6-2/h22H,5-20H2,1-4H3. The first-order chi connectivity index (χ1) is 12.3. The fourth-order valence-corrected chi connectivity index (χ4v) is 4.04. The van der Waals surface area contributed by atoms with Crippen LogP contribution in [0.15, 0.2) is 0 Å². The van der Waals surface area contributed by atoms with Gasteiger partial charge in [-0.05, 0) is 26.7 Å². The van der Waals surface area contributed by atoms with Crippen molar-refractivity contribution in [2.45, 2.75) is 130 Å². The van der Waals surface area contributed by atoms with Crippen LogP contribution in [0.4, 0.5) is 0 Å². The molecule has 0 radical (unpaired) electrons. The minimum absolute atomic E-state index is 0.0643. The van der Waals surface area contributed by atoms with E-state index >= 15 is 0 Å². The molecular formula is C21H45NO3S. The fourth-order valence-electron chi connectivity index (χ4n) is 3.10. The van der Waals surface area contributed by atoms with Crippen molar-refractivity contribution < 1.29 is 12.7 Å². The van der Waals surface area contributed by atoms with Crippen molar-refractivity contribution in [3.05, 3.63) is 0 Å². The molecule has 0 amide bonds. The molecule has 0 bridgehead atoms. The lowest BCUT2D eigenvalue weighted by Crippen LogP contribution is -2.41. The first-order valence-electron chi connectivity index (χ1n) is 11.0. The zero-order valence-corrected chi connectivity index (χ0v) is 18.8.